The molecule has 0 aliphatic heterocycles. The molecule has 21 heavy (non-hydrogen) atoms. The highest BCUT2D eigenvalue weighted by atomic mass is 35.5. The van der Waals surface area contributed by atoms with Gasteiger partial charge in [0.15, 0.2) is 10.8 Å². The Bertz CT molecular complexity index is 675. The fourth-order valence-corrected chi connectivity index (χ4v) is 2.13. The summed E-state index contributed by atoms with van der Waals surface area (Å²) in [5.41, 5.74) is 0.236. The molecule has 1 heterocycles. The van der Waals surface area contributed by atoms with Crippen LogP contribution >= 0.6 is 11.6 Å². The molecular weight excluding hydrogens is 288 g/mol. The largest absolute Gasteiger partial charge is 0.483 e. The van der Waals surface area contributed by atoms with Gasteiger partial charge in [0.25, 0.3) is 5.56 Å². The number of hydrogen-bond donors (Lipinski definition) is 0. The lowest BCUT2D eigenvalue weighted by molar-refractivity contribution is 0.222. The van der Waals surface area contributed by atoms with Gasteiger partial charge >= 0.3 is 0 Å². The van der Waals surface area contributed by atoms with Crippen molar-refractivity contribution in [2.24, 2.45) is 0 Å². The second-order valence-electron chi connectivity index (χ2n) is 5.88. The zero-order chi connectivity index (χ0) is 15.6. The van der Waals surface area contributed by atoms with Crippen LogP contribution in [0, 0.1) is 0 Å². The summed E-state index contributed by atoms with van der Waals surface area (Å²) in [6.07, 6.45) is 1.28. The molecule has 4 nitrogen and oxygen atoms in total. The maximum Gasteiger partial charge on any atom is 0.289 e. The highest BCUT2D eigenvalue weighted by Gasteiger charge is 2.20. The third kappa shape index (κ3) is 3.45. The minimum absolute atomic E-state index is 0.0581. The number of halogens is 1. The Morgan fingerprint density at radius 2 is 1.86 bits per heavy atom. The normalized spacial score (nSPS) is 13.0. The standard InChI is InChI=1S/C16H19ClN2O2/c1-11(12-8-6-5-7-9-12)21-13-10-18-19(16(2,3)4)15(20)14(13)17/h5-11H,1-4H3. The molecule has 1 atom stereocenters. The maximum absolute atomic E-state index is 12.2. The number of nitrogens with zero attached hydrogens (tertiary/aromatic N) is 2. The summed E-state index contributed by atoms with van der Waals surface area (Å²) in [5, 5.41) is 4.21. The number of hydrogen-bond acceptors (Lipinski definition) is 3. The summed E-state index contributed by atoms with van der Waals surface area (Å²) >= 11 is 6.14. The van der Waals surface area contributed by atoms with Crippen LogP contribution in [0.5, 0.6) is 5.75 Å². The zero-order valence-corrected chi connectivity index (χ0v) is 13.4. The predicted molar refractivity (Wildman–Crippen MR) is 84.0 cm³/mol. The Labute approximate surface area is 129 Å². The van der Waals surface area contributed by atoms with Gasteiger partial charge in [0.2, 0.25) is 0 Å². The van der Waals surface area contributed by atoms with Crippen LogP contribution in [0.3, 0.4) is 0 Å². The van der Waals surface area contributed by atoms with Crippen LogP contribution in [0.4, 0.5) is 0 Å². The Morgan fingerprint density at radius 1 is 1.24 bits per heavy atom. The average molecular weight is 307 g/mol. The molecule has 0 aliphatic carbocycles. The first-order chi connectivity index (χ1) is 9.80. The van der Waals surface area contributed by atoms with E-state index < -0.39 is 5.54 Å². The van der Waals surface area contributed by atoms with Gasteiger partial charge in [-0.15, -0.1) is 0 Å². The van der Waals surface area contributed by atoms with Crippen LogP contribution in [0.15, 0.2) is 41.3 Å². The molecule has 0 aliphatic rings. The van der Waals surface area contributed by atoms with Crippen molar-refractivity contribution in [1.29, 1.82) is 0 Å². The fraction of sp³-hybridized carbons (Fsp3) is 0.375. The van der Waals surface area contributed by atoms with Crippen LogP contribution in [0.25, 0.3) is 0 Å². The summed E-state index contributed by atoms with van der Waals surface area (Å²) in [7, 11) is 0. The van der Waals surface area contributed by atoms with E-state index in [1.165, 1.54) is 10.9 Å². The van der Waals surface area contributed by atoms with Crippen molar-refractivity contribution in [2.75, 3.05) is 0 Å². The molecule has 2 rings (SSSR count). The molecule has 2 aromatic rings. The van der Waals surface area contributed by atoms with Crippen molar-refractivity contribution in [3.05, 3.63) is 57.5 Å². The van der Waals surface area contributed by atoms with E-state index in [4.69, 9.17) is 16.3 Å². The number of benzene rings is 1. The van der Waals surface area contributed by atoms with Gasteiger partial charge in [0.1, 0.15) is 6.10 Å². The van der Waals surface area contributed by atoms with E-state index in [0.717, 1.165) is 5.56 Å². The summed E-state index contributed by atoms with van der Waals surface area (Å²) in [4.78, 5) is 12.2. The average Bonchev–Trinajstić information content (AvgIpc) is 2.43. The molecule has 0 fully saturated rings. The van der Waals surface area contributed by atoms with Crippen molar-refractivity contribution >= 4 is 11.6 Å². The van der Waals surface area contributed by atoms with Crippen molar-refractivity contribution < 1.29 is 4.74 Å². The summed E-state index contributed by atoms with van der Waals surface area (Å²) in [5.74, 6) is 0.304. The SMILES string of the molecule is CC(Oc1cnn(C(C)(C)C)c(=O)c1Cl)c1ccccc1. The Morgan fingerprint density at radius 3 is 2.43 bits per heavy atom. The van der Waals surface area contributed by atoms with Gasteiger partial charge in [-0.2, -0.15) is 5.10 Å². The highest BCUT2D eigenvalue weighted by molar-refractivity contribution is 6.31. The van der Waals surface area contributed by atoms with Crippen LogP contribution in [0.2, 0.25) is 5.02 Å². The van der Waals surface area contributed by atoms with Crippen LogP contribution in [-0.2, 0) is 5.54 Å². The molecule has 0 N–H and O–H groups in total. The lowest BCUT2D eigenvalue weighted by atomic mass is 10.1. The van der Waals surface area contributed by atoms with E-state index in [9.17, 15) is 4.79 Å². The summed E-state index contributed by atoms with van der Waals surface area (Å²) < 4.78 is 7.13. The summed E-state index contributed by atoms with van der Waals surface area (Å²) in [6, 6.07) is 9.74. The first kappa shape index (κ1) is 15.6. The molecule has 0 radical (unpaired) electrons. The second-order valence-corrected chi connectivity index (χ2v) is 6.26. The van der Waals surface area contributed by atoms with E-state index in [0.29, 0.717) is 5.75 Å². The third-order valence-corrected chi connectivity index (χ3v) is 3.44. The molecule has 0 bridgehead atoms. The molecule has 1 unspecified atom stereocenters. The first-order valence-corrected chi connectivity index (χ1v) is 7.18. The van der Waals surface area contributed by atoms with Gasteiger partial charge in [-0.25, -0.2) is 4.68 Å². The quantitative estimate of drug-likeness (QED) is 0.866. The van der Waals surface area contributed by atoms with E-state index in [2.05, 4.69) is 5.10 Å². The maximum atomic E-state index is 12.2. The monoisotopic (exact) mass is 306 g/mol. The molecule has 0 amide bonds. The molecule has 1 aromatic heterocycles. The van der Waals surface area contributed by atoms with Crippen LogP contribution in [0.1, 0.15) is 39.4 Å². The van der Waals surface area contributed by atoms with Gasteiger partial charge in [0.05, 0.1) is 11.7 Å². The molecule has 0 saturated carbocycles. The lowest BCUT2D eigenvalue weighted by Crippen LogP contribution is -2.36. The van der Waals surface area contributed by atoms with Gasteiger partial charge in [-0.05, 0) is 33.3 Å². The minimum Gasteiger partial charge on any atom is -0.483 e. The predicted octanol–water partition coefficient (Wildman–Crippen LogP) is 3.79. The molecule has 0 spiro atoms. The van der Waals surface area contributed by atoms with E-state index in [1.807, 2.05) is 58.0 Å². The second kappa shape index (κ2) is 5.90. The fourth-order valence-electron chi connectivity index (χ4n) is 1.96. The Kier molecular flexibility index (Phi) is 4.37. The Hall–Kier alpha value is -1.81. The molecule has 1 aromatic carbocycles. The third-order valence-electron chi connectivity index (χ3n) is 3.10. The van der Waals surface area contributed by atoms with Gasteiger partial charge in [0, 0.05) is 0 Å². The summed E-state index contributed by atoms with van der Waals surface area (Å²) in [6.45, 7) is 7.58. The van der Waals surface area contributed by atoms with Gasteiger partial charge < -0.3 is 4.74 Å². The smallest absolute Gasteiger partial charge is 0.289 e. The lowest BCUT2D eigenvalue weighted by Gasteiger charge is -2.22. The van der Waals surface area contributed by atoms with Crippen LogP contribution in [-0.4, -0.2) is 9.78 Å². The van der Waals surface area contributed by atoms with Gasteiger partial charge in [-0.1, -0.05) is 41.9 Å². The number of ether oxygens (including phenoxy) is 1. The van der Waals surface area contributed by atoms with Crippen LogP contribution < -0.4 is 10.3 Å². The van der Waals surface area contributed by atoms with Crippen molar-refractivity contribution in [2.45, 2.75) is 39.3 Å². The molecule has 112 valence electrons. The van der Waals surface area contributed by atoms with E-state index >= 15 is 0 Å². The molecule has 5 heteroatoms. The van der Waals surface area contributed by atoms with Crippen molar-refractivity contribution in [3.63, 3.8) is 0 Å². The highest BCUT2D eigenvalue weighted by Crippen LogP contribution is 2.26. The number of aromatic nitrogens is 2. The van der Waals surface area contributed by atoms with E-state index in [1.54, 1.807) is 0 Å². The first-order valence-electron chi connectivity index (χ1n) is 6.80. The Balaban J connectivity index is 2.31. The molecule has 0 saturated heterocycles. The van der Waals surface area contributed by atoms with Gasteiger partial charge in [-0.3, -0.25) is 4.79 Å². The minimum atomic E-state index is -0.426. The van der Waals surface area contributed by atoms with Crippen molar-refractivity contribution in [3.8, 4) is 5.75 Å². The van der Waals surface area contributed by atoms with E-state index in [-0.39, 0.29) is 16.7 Å². The molecular formula is C16H19ClN2O2. The number of rotatable bonds is 3. The zero-order valence-electron chi connectivity index (χ0n) is 12.6. The topological polar surface area (TPSA) is 44.1 Å². The van der Waals surface area contributed by atoms with Crippen molar-refractivity contribution in [1.82, 2.24) is 9.78 Å².